The van der Waals surface area contributed by atoms with Gasteiger partial charge in [-0.15, -0.1) is 0 Å². The zero-order valence-corrected chi connectivity index (χ0v) is 13.6. The van der Waals surface area contributed by atoms with Gasteiger partial charge in [0.15, 0.2) is 0 Å². The molecule has 1 amide bonds. The molecule has 2 N–H and O–H groups in total. The molecule has 0 spiro atoms. The van der Waals surface area contributed by atoms with Crippen molar-refractivity contribution in [2.75, 3.05) is 13.1 Å². The molecule has 2 rings (SSSR count). The first-order valence-electron chi connectivity index (χ1n) is 7.72. The number of nitrogens with two attached hydrogens (primary N) is 1. The second kappa shape index (κ2) is 7.11. The number of amides is 1. The van der Waals surface area contributed by atoms with Gasteiger partial charge in [0, 0.05) is 13.1 Å². The lowest BCUT2D eigenvalue weighted by molar-refractivity contribution is -0.0227. The summed E-state index contributed by atoms with van der Waals surface area (Å²) < 4.78 is 11.0. The molecule has 5 nitrogen and oxygen atoms in total. The standard InChI is InChI=1S/C17H26N2O3/c1-17(2,3)22-16(20)19-10-14(11-19)9-15(18)21-12-13-7-5-4-6-8-13/h4-8,14-15H,9-12,18H2,1-3H3/t15-/m1/s1. The van der Waals surface area contributed by atoms with Crippen molar-refractivity contribution in [1.29, 1.82) is 0 Å². The van der Waals surface area contributed by atoms with Crippen molar-refractivity contribution in [3.8, 4) is 0 Å². The van der Waals surface area contributed by atoms with Crippen LogP contribution in [0.3, 0.4) is 0 Å². The van der Waals surface area contributed by atoms with Crippen molar-refractivity contribution in [2.24, 2.45) is 11.7 Å². The van der Waals surface area contributed by atoms with Gasteiger partial charge in [-0.05, 0) is 38.7 Å². The maximum Gasteiger partial charge on any atom is 0.410 e. The van der Waals surface area contributed by atoms with Crippen molar-refractivity contribution >= 4 is 6.09 Å². The van der Waals surface area contributed by atoms with Gasteiger partial charge < -0.3 is 20.1 Å². The second-order valence-electron chi connectivity index (χ2n) is 6.82. The molecule has 1 saturated heterocycles. The summed E-state index contributed by atoms with van der Waals surface area (Å²) in [5, 5.41) is 0. The molecular formula is C17H26N2O3. The first-order valence-corrected chi connectivity index (χ1v) is 7.72. The minimum atomic E-state index is -0.447. The highest BCUT2D eigenvalue weighted by atomic mass is 16.6. The summed E-state index contributed by atoms with van der Waals surface area (Å²) in [5.74, 6) is 0.387. The van der Waals surface area contributed by atoms with Crippen LogP contribution in [0.15, 0.2) is 30.3 Å². The van der Waals surface area contributed by atoms with E-state index in [0.29, 0.717) is 25.6 Å². The molecule has 0 saturated carbocycles. The van der Waals surface area contributed by atoms with E-state index in [9.17, 15) is 4.79 Å². The summed E-state index contributed by atoms with van der Waals surface area (Å²) in [6, 6.07) is 9.97. The molecule has 1 aromatic carbocycles. The zero-order valence-electron chi connectivity index (χ0n) is 13.6. The highest BCUT2D eigenvalue weighted by Gasteiger charge is 2.34. The fourth-order valence-corrected chi connectivity index (χ4v) is 2.37. The monoisotopic (exact) mass is 306 g/mol. The number of rotatable bonds is 5. The third-order valence-electron chi connectivity index (χ3n) is 3.48. The van der Waals surface area contributed by atoms with Crippen LogP contribution in [0, 0.1) is 5.92 Å². The molecule has 122 valence electrons. The molecule has 22 heavy (non-hydrogen) atoms. The van der Waals surface area contributed by atoms with E-state index in [2.05, 4.69) is 0 Å². The van der Waals surface area contributed by atoms with E-state index >= 15 is 0 Å². The van der Waals surface area contributed by atoms with E-state index in [1.807, 2.05) is 51.1 Å². The Balaban J connectivity index is 1.64. The van der Waals surface area contributed by atoms with Crippen molar-refractivity contribution in [3.05, 3.63) is 35.9 Å². The first kappa shape index (κ1) is 16.8. The molecule has 5 heteroatoms. The average Bonchev–Trinajstić information content (AvgIpc) is 2.39. The lowest BCUT2D eigenvalue weighted by Gasteiger charge is -2.40. The van der Waals surface area contributed by atoms with Crippen molar-refractivity contribution in [2.45, 2.75) is 45.6 Å². The van der Waals surface area contributed by atoms with Gasteiger partial charge in [0.25, 0.3) is 0 Å². The quantitative estimate of drug-likeness (QED) is 0.850. The van der Waals surface area contributed by atoms with Crippen LogP contribution in [0.5, 0.6) is 0 Å². The molecule has 0 aliphatic carbocycles. The molecule has 0 unspecified atom stereocenters. The Hall–Kier alpha value is -1.59. The van der Waals surface area contributed by atoms with Crippen molar-refractivity contribution in [3.63, 3.8) is 0 Å². The number of nitrogens with zero attached hydrogens (tertiary/aromatic N) is 1. The van der Waals surface area contributed by atoms with Crippen LogP contribution < -0.4 is 5.73 Å². The molecule has 0 bridgehead atoms. The fraction of sp³-hybridized carbons (Fsp3) is 0.588. The Morgan fingerprint density at radius 3 is 2.55 bits per heavy atom. The van der Waals surface area contributed by atoms with Crippen LogP contribution >= 0.6 is 0 Å². The SMILES string of the molecule is CC(C)(C)OC(=O)N1CC(C[C@H](N)OCc2ccccc2)C1. The van der Waals surface area contributed by atoms with Crippen LogP contribution in [-0.4, -0.2) is 35.9 Å². The highest BCUT2D eigenvalue weighted by molar-refractivity contribution is 5.69. The van der Waals surface area contributed by atoms with Crippen molar-refractivity contribution < 1.29 is 14.3 Å². The van der Waals surface area contributed by atoms with Gasteiger partial charge >= 0.3 is 6.09 Å². The molecule has 1 aliphatic heterocycles. The highest BCUT2D eigenvalue weighted by Crippen LogP contribution is 2.23. The van der Waals surface area contributed by atoms with Gasteiger partial charge in [-0.1, -0.05) is 30.3 Å². The molecule has 1 fully saturated rings. The first-order chi connectivity index (χ1) is 10.3. The number of likely N-dealkylation sites (tertiary alicyclic amines) is 1. The van der Waals surface area contributed by atoms with Gasteiger partial charge in [0.1, 0.15) is 11.8 Å². The Kier molecular flexibility index (Phi) is 5.42. The topological polar surface area (TPSA) is 64.8 Å². The largest absolute Gasteiger partial charge is 0.444 e. The molecule has 1 heterocycles. The molecule has 0 radical (unpaired) electrons. The van der Waals surface area contributed by atoms with E-state index < -0.39 is 5.60 Å². The van der Waals surface area contributed by atoms with Gasteiger partial charge in [-0.25, -0.2) is 4.79 Å². The minimum absolute atomic E-state index is 0.248. The second-order valence-corrected chi connectivity index (χ2v) is 6.82. The molecule has 1 atom stereocenters. The number of hydrogen-bond donors (Lipinski definition) is 1. The predicted octanol–water partition coefficient (Wildman–Crippen LogP) is 2.75. The number of carbonyl (C=O) groups is 1. The van der Waals surface area contributed by atoms with E-state index in [4.69, 9.17) is 15.2 Å². The smallest absolute Gasteiger partial charge is 0.410 e. The lowest BCUT2D eigenvalue weighted by Crippen LogP contribution is -2.53. The fourth-order valence-electron chi connectivity index (χ4n) is 2.37. The van der Waals surface area contributed by atoms with Gasteiger partial charge in [-0.3, -0.25) is 0 Å². The summed E-state index contributed by atoms with van der Waals surface area (Å²) in [5.41, 5.74) is 6.66. The van der Waals surface area contributed by atoms with Crippen LogP contribution in [-0.2, 0) is 16.1 Å². The summed E-state index contributed by atoms with van der Waals surface area (Å²) in [6.45, 7) is 7.51. The molecule has 1 aliphatic rings. The third-order valence-corrected chi connectivity index (χ3v) is 3.48. The van der Waals surface area contributed by atoms with E-state index in [-0.39, 0.29) is 12.3 Å². The Labute approximate surface area is 132 Å². The Morgan fingerprint density at radius 2 is 1.95 bits per heavy atom. The molecule has 1 aromatic rings. The average molecular weight is 306 g/mol. The van der Waals surface area contributed by atoms with Crippen LogP contribution in [0.25, 0.3) is 0 Å². The lowest BCUT2D eigenvalue weighted by atomic mass is 9.96. The Morgan fingerprint density at radius 1 is 1.32 bits per heavy atom. The number of hydrogen-bond acceptors (Lipinski definition) is 4. The normalized spacial score (nSPS) is 17.0. The summed E-state index contributed by atoms with van der Waals surface area (Å²) in [4.78, 5) is 13.5. The molecule has 0 aromatic heterocycles. The Bertz CT molecular complexity index is 478. The molecular weight excluding hydrogens is 280 g/mol. The van der Waals surface area contributed by atoms with Crippen LogP contribution in [0.1, 0.15) is 32.8 Å². The van der Waals surface area contributed by atoms with Gasteiger partial charge in [-0.2, -0.15) is 0 Å². The van der Waals surface area contributed by atoms with E-state index in [0.717, 1.165) is 12.0 Å². The number of ether oxygens (including phenoxy) is 2. The van der Waals surface area contributed by atoms with E-state index in [1.54, 1.807) is 4.90 Å². The maximum absolute atomic E-state index is 11.8. The summed E-state index contributed by atoms with van der Waals surface area (Å²) in [6.07, 6.45) is 0.208. The predicted molar refractivity (Wildman–Crippen MR) is 85.1 cm³/mol. The minimum Gasteiger partial charge on any atom is -0.444 e. The number of benzene rings is 1. The van der Waals surface area contributed by atoms with Gasteiger partial charge in [0.05, 0.1) is 6.61 Å². The summed E-state index contributed by atoms with van der Waals surface area (Å²) >= 11 is 0. The van der Waals surface area contributed by atoms with Gasteiger partial charge in [0.2, 0.25) is 0 Å². The van der Waals surface area contributed by atoms with Crippen LogP contribution in [0.4, 0.5) is 4.79 Å². The number of carbonyl (C=O) groups excluding carboxylic acids is 1. The maximum atomic E-state index is 11.8. The van der Waals surface area contributed by atoms with E-state index in [1.165, 1.54) is 0 Å². The summed E-state index contributed by atoms with van der Waals surface area (Å²) in [7, 11) is 0. The zero-order chi connectivity index (χ0) is 16.2. The van der Waals surface area contributed by atoms with Crippen molar-refractivity contribution in [1.82, 2.24) is 4.90 Å². The third kappa shape index (κ3) is 5.31. The van der Waals surface area contributed by atoms with Crippen LogP contribution in [0.2, 0.25) is 0 Å².